The zero-order valence-corrected chi connectivity index (χ0v) is 12.1. The quantitative estimate of drug-likeness (QED) is 0.747. The summed E-state index contributed by atoms with van der Waals surface area (Å²) in [6.45, 7) is 9.39. The lowest BCUT2D eigenvalue weighted by Gasteiger charge is -2.54. The molecular formula is C14H29NO2. The highest BCUT2D eigenvalue weighted by molar-refractivity contribution is 5.05. The Labute approximate surface area is 106 Å². The van der Waals surface area contributed by atoms with E-state index in [9.17, 15) is 0 Å². The maximum Gasteiger partial charge on any atom is 0.0660 e. The molecule has 2 N–H and O–H groups in total. The Balaban J connectivity index is 2.38. The SMILES string of the molecule is CCC1(CC)C(N)CC1OCCC(C)(C)OC. The molecule has 0 saturated heterocycles. The van der Waals surface area contributed by atoms with E-state index in [-0.39, 0.29) is 11.0 Å². The first-order chi connectivity index (χ1) is 7.91. The van der Waals surface area contributed by atoms with E-state index in [1.165, 1.54) is 0 Å². The fourth-order valence-corrected chi connectivity index (χ4v) is 2.79. The van der Waals surface area contributed by atoms with Gasteiger partial charge in [0.2, 0.25) is 0 Å². The topological polar surface area (TPSA) is 44.5 Å². The molecule has 102 valence electrons. The van der Waals surface area contributed by atoms with E-state index in [1.807, 2.05) is 0 Å². The zero-order chi connectivity index (χ0) is 13.1. The Morgan fingerprint density at radius 2 is 1.88 bits per heavy atom. The number of hydrogen-bond acceptors (Lipinski definition) is 3. The van der Waals surface area contributed by atoms with Crippen LogP contribution < -0.4 is 5.73 Å². The van der Waals surface area contributed by atoms with Crippen LogP contribution in [0.3, 0.4) is 0 Å². The fourth-order valence-electron chi connectivity index (χ4n) is 2.79. The number of hydrogen-bond donors (Lipinski definition) is 1. The van der Waals surface area contributed by atoms with E-state index in [4.69, 9.17) is 15.2 Å². The van der Waals surface area contributed by atoms with Gasteiger partial charge in [-0.05, 0) is 39.5 Å². The number of nitrogens with two attached hydrogens (primary N) is 1. The summed E-state index contributed by atoms with van der Waals surface area (Å²) in [5.74, 6) is 0. The predicted molar refractivity (Wildman–Crippen MR) is 71.1 cm³/mol. The van der Waals surface area contributed by atoms with E-state index >= 15 is 0 Å². The second-order valence-corrected chi connectivity index (χ2v) is 5.86. The van der Waals surface area contributed by atoms with Crippen LogP contribution >= 0.6 is 0 Å². The molecule has 0 aromatic heterocycles. The van der Waals surface area contributed by atoms with Crippen molar-refractivity contribution < 1.29 is 9.47 Å². The normalized spacial score (nSPS) is 27.9. The molecule has 2 atom stereocenters. The van der Waals surface area contributed by atoms with E-state index < -0.39 is 0 Å². The first-order valence-electron chi connectivity index (χ1n) is 6.84. The van der Waals surface area contributed by atoms with Crippen LogP contribution in [-0.2, 0) is 9.47 Å². The molecule has 0 aliphatic heterocycles. The second-order valence-electron chi connectivity index (χ2n) is 5.86. The van der Waals surface area contributed by atoms with Gasteiger partial charge in [0, 0.05) is 25.2 Å². The van der Waals surface area contributed by atoms with Gasteiger partial charge in [0.25, 0.3) is 0 Å². The Bertz CT molecular complexity index is 236. The summed E-state index contributed by atoms with van der Waals surface area (Å²) >= 11 is 0. The first-order valence-corrected chi connectivity index (χ1v) is 6.84. The molecule has 1 saturated carbocycles. The second kappa shape index (κ2) is 5.68. The van der Waals surface area contributed by atoms with Crippen molar-refractivity contribution in [2.45, 2.75) is 71.1 Å². The van der Waals surface area contributed by atoms with Gasteiger partial charge in [0.05, 0.1) is 11.7 Å². The Kier molecular flexibility index (Phi) is 4.99. The standard InChI is InChI=1S/C14H29NO2/c1-6-14(7-2)11(15)10-12(14)17-9-8-13(3,4)16-5/h11-12H,6-10,15H2,1-5H3. The third-order valence-electron chi connectivity index (χ3n) is 4.74. The molecule has 0 spiro atoms. The predicted octanol–water partition coefficient (Wildman–Crippen LogP) is 2.72. The highest BCUT2D eigenvalue weighted by atomic mass is 16.5. The van der Waals surface area contributed by atoms with E-state index in [0.717, 1.165) is 32.3 Å². The molecule has 0 amide bonds. The smallest absolute Gasteiger partial charge is 0.0660 e. The van der Waals surface area contributed by atoms with Gasteiger partial charge < -0.3 is 15.2 Å². The van der Waals surface area contributed by atoms with E-state index in [1.54, 1.807) is 7.11 Å². The van der Waals surface area contributed by atoms with Crippen LogP contribution in [0.1, 0.15) is 53.4 Å². The number of methoxy groups -OCH3 is 1. The first kappa shape index (κ1) is 14.9. The van der Waals surface area contributed by atoms with Gasteiger partial charge in [-0.3, -0.25) is 0 Å². The monoisotopic (exact) mass is 243 g/mol. The summed E-state index contributed by atoms with van der Waals surface area (Å²) in [4.78, 5) is 0. The van der Waals surface area contributed by atoms with Gasteiger partial charge in [-0.15, -0.1) is 0 Å². The van der Waals surface area contributed by atoms with Gasteiger partial charge in [0.15, 0.2) is 0 Å². The van der Waals surface area contributed by atoms with Crippen molar-refractivity contribution in [2.24, 2.45) is 11.1 Å². The summed E-state index contributed by atoms with van der Waals surface area (Å²) in [5, 5.41) is 0. The van der Waals surface area contributed by atoms with Gasteiger partial charge in [-0.1, -0.05) is 13.8 Å². The molecule has 3 nitrogen and oxygen atoms in total. The minimum Gasteiger partial charge on any atom is -0.379 e. The average Bonchev–Trinajstić information content (AvgIpc) is 2.29. The lowest BCUT2D eigenvalue weighted by Crippen LogP contribution is -2.61. The highest BCUT2D eigenvalue weighted by Crippen LogP contribution is 2.47. The molecule has 0 bridgehead atoms. The molecule has 0 radical (unpaired) electrons. The number of ether oxygens (including phenoxy) is 2. The molecule has 0 heterocycles. The highest BCUT2D eigenvalue weighted by Gasteiger charge is 2.51. The van der Waals surface area contributed by atoms with Crippen LogP contribution in [0, 0.1) is 5.41 Å². The molecule has 2 unspecified atom stereocenters. The molecular weight excluding hydrogens is 214 g/mol. The lowest BCUT2D eigenvalue weighted by atomic mass is 9.59. The van der Waals surface area contributed by atoms with Crippen LogP contribution in [0.5, 0.6) is 0 Å². The van der Waals surface area contributed by atoms with Crippen molar-refractivity contribution in [1.82, 2.24) is 0 Å². The number of rotatable bonds is 7. The maximum absolute atomic E-state index is 6.15. The Morgan fingerprint density at radius 3 is 2.29 bits per heavy atom. The lowest BCUT2D eigenvalue weighted by molar-refractivity contribution is -0.140. The molecule has 1 aliphatic carbocycles. The summed E-state index contributed by atoms with van der Waals surface area (Å²) in [5.41, 5.74) is 6.28. The average molecular weight is 243 g/mol. The summed E-state index contributed by atoms with van der Waals surface area (Å²) in [7, 11) is 1.75. The Hall–Kier alpha value is -0.120. The van der Waals surface area contributed by atoms with Gasteiger partial charge in [-0.25, -0.2) is 0 Å². The molecule has 0 aromatic rings. The molecule has 1 rings (SSSR count). The van der Waals surface area contributed by atoms with Gasteiger partial charge in [0.1, 0.15) is 0 Å². The van der Waals surface area contributed by atoms with Crippen molar-refractivity contribution in [2.75, 3.05) is 13.7 Å². The van der Waals surface area contributed by atoms with Crippen molar-refractivity contribution in [3.05, 3.63) is 0 Å². The van der Waals surface area contributed by atoms with Crippen molar-refractivity contribution in [1.29, 1.82) is 0 Å². The molecule has 0 aromatic carbocycles. The fraction of sp³-hybridized carbons (Fsp3) is 1.00. The van der Waals surface area contributed by atoms with Crippen LogP contribution in [0.25, 0.3) is 0 Å². The minimum absolute atomic E-state index is 0.0903. The van der Waals surface area contributed by atoms with Crippen molar-refractivity contribution >= 4 is 0 Å². The van der Waals surface area contributed by atoms with Gasteiger partial charge in [-0.2, -0.15) is 0 Å². The van der Waals surface area contributed by atoms with Crippen LogP contribution in [0.2, 0.25) is 0 Å². The molecule has 3 heteroatoms. The van der Waals surface area contributed by atoms with Crippen LogP contribution in [-0.4, -0.2) is 31.5 Å². The summed E-state index contributed by atoms with van der Waals surface area (Å²) < 4.78 is 11.4. The van der Waals surface area contributed by atoms with E-state index in [0.29, 0.717) is 12.1 Å². The minimum atomic E-state index is -0.0903. The molecule has 17 heavy (non-hydrogen) atoms. The summed E-state index contributed by atoms with van der Waals surface area (Å²) in [6, 6.07) is 0.318. The summed E-state index contributed by atoms with van der Waals surface area (Å²) in [6.07, 6.45) is 4.51. The van der Waals surface area contributed by atoms with Crippen molar-refractivity contribution in [3.63, 3.8) is 0 Å². The van der Waals surface area contributed by atoms with Crippen LogP contribution in [0.4, 0.5) is 0 Å². The van der Waals surface area contributed by atoms with Crippen LogP contribution in [0.15, 0.2) is 0 Å². The third-order valence-corrected chi connectivity index (χ3v) is 4.74. The third kappa shape index (κ3) is 3.01. The Morgan fingerprint density at radius 1 is 1.29 bits per heavy atom. The van der Waals surface area contributed by atoms with Crippen molar-refractivity contribution in [3.8, 4) is 0 Å². The zero-order valence-electron chi connectivity index (χ0n) is 12.1. The molecule has 1 fully saturated rings. The van der Waals surface area contributed by atoms with E-state index in [2.05, 4.69) is 27.7 Å². The maximum atomic E-state index is 6.15. The largest absolute Gasteiger partial charge is 0.379 e. The van der Waals surface area contributed by atoms with Gasteiger partial charge >= 0.3 is 0 Å². The molecule has 1 aliphatic rings.